The zero-order valence-corrected chi connectivity index (χ0v) is 13.8. The zero-order valence-electron chi connectivity index (χ0n) is 13.0. The van der Waals surface area contributed by atoms with Crippen molar-refractivity contribution >= 4 is 15.9 Å². The third-order valence-electron chi connectivity index (χ3n) is 3.49. The van der Waals surface area contributed by atoms with Crippen molar-refractivity contribution in [3.05, 3.63) is 29.8 Å². The monoisotopic (exact) mass is 314 g/mol. The van der Waals surface area contributed by atoms with E-state index < -0.39 is 10.0 Å². The van der Waals surface area contributed by atoms with Gasteiger partial charge in [-0.3, -0.25) is 4.79 Å². The van der Waals surface area contributed by atoms with E-state index in [1.807, 2.05) is 31.2 Å². The lowest BCUT2D eigenvalue weighted by molar-refractivity contribution is -0.131. The predicted molar refractivity (Wildman–Crippen MR) is 81.7 cm³/mol. The van der Waals surface area contributed by atoms with Crippen LogP contribution in [-0.4, -0.2) is 57.5 Å². The maximum absolute atomic E-state index is 12.2. The van der Waals surface area contributed by atoms with E-state index in [9.17, 15) is 13.2 Å². The van der Waals surface area contributed by atoms with Gasteiger partial charge in [-0.2, -0.15) is 4.31 Å². The molecule has 1 aromatic rings. The van der Waals surface area contributed by atoms with E-state index in [0.717, 1.165) is 16.1 Å². The lowest BCUT2D eigenvalue weighted by atomic mass is 10.1. The van der Waals surface area contributed by atoms with Crippen LogP contribution < -0.4 is 4.74 Å². The normalized spacial score (nSPS) is 13.0. The molecule has 1 atom stereocenters. The van der Waals surface area contributed by atoms with Crippen LogP contribution in [0.1, 0.15) is 18.5 Å². The Morgan fingerprint density at radius 2 is 1.86 bits per heavy atom. The summed E-state index contributed by atoms with van der Waals surface area (Å²) in [7, 11) is 1.23. The van der Waals surface area contributed by atoms with Crippen LogP contribution in [0.3, 0.4) is 0 Å². The molecule has 0 radical (unpaired) electrons. The van der Waals surface area contributed by atoms with Gasteiger partial charge in [0.1, 0.15) is 5.75 Å². The molecule has 0 aromatic heterocycles. The summed E-state index contributed by atoms with van der Waals surface area (Å²) >= 11 is 0. The molecule has 1 rings (SSSR count). The smallest absolute Gasteiger partial charge is 0.238 e. The van der Waals surface area contributed by atoms with Gasteiger partial charge in [-0.15, -0.1) is 0 Å². The highest BCUT2D eigenvalue weighted by Gasteiger charge is 2.23. The SMILES string of the molecule is COc1ccccc1[C@@H](C)N(C)C(=O)CN(C)S(C)(=O)=O. The molecule has 0 fully saturated rings. The van der Waals surface area contributed by atoms with Crippen molar-refractivity contribution in [1.82, 2.24) is 9.21 Å². The van der Waals surface area contributed by atoms with Gasteiger partial charge in [-0.05, 0) is 13.0 Å². The molecule has 0 saturated carbocycles. The van der Waals surface area contributed by atoms with E-state index in [1.54, 1.807) is 14.2 Å². The average molecular weight is 314 g/mol. The van der Waals surface area contributed by atoms with Crippen molar-refractivity contribution in [3.8, 4) is 5.75 Å². The molecule has 6 nitrogen and oxygen atoms in total. The van der Waals surface area contributed by atoms with Crippen LogP contribution in [0.4, 0.5) is 0 Å². The first-order valence-corrected chi connectivity index (χ1v) is 8.33. The number of para-hydroxylation sites is 1. The summed E-state index contributed by atoms with van der Waals surface area (Å²) in [5.41, 5.74) is 0.873. The van der Waals surface area contributed by atoms with Gasteiger partial charge in [0.2, 0.25) is 15.9 Å². The number of amides is 1. The van der Waals surface area contributed by atoms with Crippen molar-refractivity contribution in [2.75, 3.05) is 34.0 Å². The van der Waals surface area contributed by atoms with Gasteiger partial charge in [-0.25, -0.2) is 8.42 Å². The molecule has 7 heteroatoms. The summed E-state index contributed by atoms with van der Waals surface area (Å²) in [4.78, 5) is 13.7. The van der Waals surface area contributed by atoms with Gasteiger partial charge in [0.05, 0.1) is 26.0 Å². The molecule has 0 aliphatic rings. The maximum atomic E-state index is 12.2. The largest absolute Gasteiger partial charge is 0.496 e. The van der Waals surface area contributed by atoms with Crippen molar-refractivity contribution < 1.29 is 17.9 Å². The molecule has 0 unspecified atom stereocenters. The number of ether oxygens (including phenoxy) is 1. The molecule has 0 aliphatic heterocycles. The molecule has 21 heavy (non-hydrogen) atoms. The second-order valence-corrected chi connectivity index (χ2v) is 7.03. The minimum absolute atomic E-state index is 0.186. The number of methoxy groups -OCH3 is 1. The molecule has 0 aliphatic carbocycles. The van der Waals surface area contributed by atoms with Crippen LogP contribution in [0.5, 0.6) is 5.75 Å². The number of carbonyl (C=O) groups is 1. The molecular formula is C14H22N2O4S. The second-order valence-electron chi connectivity index (χ2n) is 4.94. The standard InChI is InChI=1S/C14H22N2O4S/c1-11(12-8-6-7-9-13(12)20-4)16(3)14(17)10-15(2)21(5,18)19/h6-9,11H,10H2,1-5H3/t11-/m1/s1. The maximum Gasteiger partial charge on any atom is 0.238 e. The van der Waals surface area contributed by atoms with E-state index in [-0.39, 0.29) is 18.5 Å². The van der Waals surface area contributed by atoms with E-state index in [2.05, 4.69) is 0 Å². The number of benzene rings is 1. The fourth-order valence-electron chi connectivity index (χ4n) is 1.86. The first-order chi connectivity index (χ1) is 9.68. The molecule has 1 aromatic carbocycles. The van der Waals surface area contributed by atoms with E-state index in [0.29, 0.717) is 5.75 Å². The molecule has 118 valence electrons. The molecule has 0 spiro atoms. The van der Waals surface area contributed by atoms with Gasteiger partial charge in [0.15, 0.2) is 0 Å². The van der Waals surface area contributed by atoms with Crippen LogP contribution in [-0.2, 0) is 14.8 Å². The van der Waals surface area contributed by atoms with Crippen LogP contribution in [0.25, 0.3) is 0 Å². The van der Waals surface area contributed by atoms with Crippen LogP contribution in [0, 0.1) is 0 Å². The predicted octanol–water partition coefficient (Wildman–Crippen LogP) is 1.11. The summed E-state index contributed by atoms with van der Waals surface area (Å²) in [6, 6.07) is 7.21. The number of hydrogen-bond acceptors (Lipinski definition) is 4. The number of likely N-dealkylation sites (N-methyl/N-ethyl adjacent to an activating group) is 2. The highest BCUT2D eigenvalue weighted by atomic mass is 32.2. The van der Waals surface area contributed by atoms with E-state index >= 15 is 0 Å². The number of rotatable bonds is 6. The lowest BCUT2D eigenvalue weighted by Gasteiger charge is -2.28. The molecule has 0 heterocycles. The molecular weight excluding hydrogens is 292 g/mol. The summed E-state index contributed by atoms with van der Waals surface area (Å²) in [5, 5.41) is 0. The summed E-state index contributed by atoms with van der Waals surface area (Å²) in [5.74, 6) is 0.419. The Bertz CT molecular complexity index is 601. The van der Waals surface area contributed by atoms with Gasteiger partial charge in [0.25, 0.3) is 0 Å². The summed E-state index contributed by atoms with van der Waals surface area (Å²) < 4.78 is 29.0. The number of sulfonamides is 1. The quantitative estimate of drug-likeness (QED) is 0.789. The van der Waals surface area contributed by atoms with Crippen molar-refractivity contribution in [2.24, 2.45) is 0 Å². The Hall–Kier alpha value is -1.60. The number of carbonyl (C=O) groups excluding carboxylic acids is 1. The Morgan fingerprint density at radius 3 is 2.38 bits per heavy atom. The Labute approximate surface area is 126 Å². The first-order valence-electron chi connectivity index (χ1n) is 6.48. The zero-order chi connectivity index (χ0) is 16.2. The third kappa shape index (κ3) is 4.44. The number of hydrogen-bond donors (Lipinski definition) is 0. The Morgan fingerprint density at radius 1 is 1.29 bits per heavy atom. The highest BCUT2D eigenvalue weighted by Crippen LogP contribution is 2.28. The van der Waals surface area contributed by atoms with Crippen LogP contribution in [0.2, 0.25) is 0 Å². The molecule has 0 saturated heterocycles. The Kier molecular flexibility index (Phi) is 5.74. The van der Waals surface area contributed by atoms with Gasteiger partial charge >= 0.3 is 0 Å². The minimum Gasteiger partial charge on any atom is -0.496 e. The summed E-state index contributed by atoms with van der Waals surface area (Å²) in [6.07, 6.45) is 1.07. The second kappa shape index (κ2) is 6.91. The fraction of sp³-hybridized carbons (Fsp3) is 0.500. The van der Waals surface area contributed by atoms with E-state index in [1.165, 1.54) is 11.9 Å². The number of nitrogens with zero attached hydrogens (tertiary/aromatic N) is 2. The molecule has 0 N–H and O–H groups in total. The average Bonchev–Trinajstić information content (AvgIpc) is 2.44. The molecule has 0 bridgehead atoms. The lowest BCUT2D eigenvalue weighted by Crippen LogP contribution is -2.40. The van der Waals surface area contributed by atoms with Crippen molar-refractivity contribution in [3.63, 3.8) is 0 Å². The fourth-order valence-corrected chi connectivity index (χ4v) is 2.20. The van der Waals surface area contributed by atoms with Gasteiger partial charge in [0, 0.05) is 19.7 Å². The minimum atomic E-state index is -3.37. The van der Waals surface area contributed by atoms with Crippen molar-refractivity contribution in [2.45, 2.75) is 13.0 Å². The Balaban J connectivity index is 2.87. The highest BCUT2D eigenvalue weighted by molar-refractivity contribution is 7.88. The van der Waals surface area contributed by atoms with Crippen molar-refractivity contribution in [1.29, 1.82) is 0 Å². The van der Waals surface area contributed by atoms with E-state index in [4.69, 9.17) is 4.74 Å². The third-order valence-corrected chi connectivity index (χ3v) is 4.75. The molecule has 1 amide bonds. The van der Waals surface area contributed by atoms with Crippen LogP contribution >= 0.6 is 0 Å². The first kappa shape index (κ1) is 17.5. The van der Waals surface area contributed by atoms with Gasteiger partial charge < -0.3 is 9.64 Å². The van der Waals surface area contributed by atoms with Crippen LogP contribution in [0.15, 0.2) is 24.3 Å². The summed E-state index contributed by atoms with van der Waals surface area (Å²) in [6.45, 7) is 1.69. The topological polar surface area (TPSA) is 66.9 Å². The van der Waals surface area contributed by atoms with Gasteiger partial charge in [-0.1, -0.05) is 18.2 Å².